The second kappa shape index (κ2) is 7.88. The minimum absolute atomic E-state index is 0.0185. The number of nitriles is 1. The van der Waals surface area contributed by atoms with Gasteiger partial charge in [-0.05, 0) is 32.3 Å². The van der Waals surface area contributed by atoms with E-state index in [9.17, 15) is 9.59 Å². The van der Waals surface area contributed by atoms with Crippen molar-refractivity contribution in [1.82, 2.24) is 9.80 Å². The number of rotatable bonds is 3. The third-order valence-electron chi connectivity index (χ3n) is 5.19. The van der Waals surface area contributed by atoms with E-state index in [0.717, 1.165) is 5.56 Å². The van der Waals surface area contributed by atoms with Crippen molar-refractivity contribution in [2.75, 3.05) is 19.7 Å². The molecule has 2 saturated heterocycles. The standard InChI is InChI=1S/C20H25N3O3/c1-14(2)23-17(24)13-26-19(18(23)16-6-4-3-5-7-16)20(25)22-10-8-15(12-21)9-11-22/h3-7,14-15,18-19H,8-11,13H2,1-2H3/t18-,19+/m1/s1. The highest BCUT2D eigenvalue weighted by atomic mass is 16.5. The number of hydrogen-bond acceptors (Lipinski definition) is 4. The van der Waals surface area contributed by atoms with Crippen molar-refractivity contribution in [3.05, 3.63) is 35.9 Å². The van der Waals surface area contributed by atoms with Crippen molar-refractivity contribution in [3.63, 3.8) is 0 Å². The lowest BCUT2D eigenvalue weighted by atomic mass is 9.93. The molecule has 6 nitrogen and oxygen atoms in total. The molecule has 1 aromatic rings. The first-order chi connectivity index (χ1) is 12.5. The molecule has 2 atom stereocenters. The first kappa shape index (κ1) is 18.4. The number of likely N-dealkylation sites (tertiary alicyclic amines) is 1. The minimum atomic E-state index is -0.712. The predicted octanol–water partition coefficient (Wildman–Crippen LogP) is 2.13. The van der Waals surface area contributed by atoms with Gasteiger partial charge in [0, 0.05) is 25.0 Å². The molecule has 2 heterocycles. The highest BCUT2D eigenvalue weighted by Gasteiger charge is 2.44. The molecule has 0 bridgehead atoms. The van der Waals surface area contributed by atoms with Crippen molar-refractivity contribution in [1.29, 1.82) is 5.26 Å². The van der Waals surface area contributed by atoms with Crippen LogP contribution in [0.2, 0.25) is 0 Å². The maximum absolute atomic E-state index is 13.2. The van der Waals surface area contributed by atoms with Crippen LogP contribution in [0.4, 0.5) is 0 Å². The van der Waals surface area contributed by atoms with Crippen molar-refractivity contribution >= 4 is 11.8 Å². The van der Waals surface area contributed by atoms with Crippen LogP contribution in [0.15, 0.2) is 30.3 Å². The first-order valence-electron chi connectivity index (χ1n) is 9.19. The molecule has 2 fully saturated rings. The molecule has 0 radical (unpaired) electrons. The van der Waals surface area contributed by atoms with Gasteiger partial charge in [-0.25, -0.2) is 0 Å². The molecule has 0 N–H and O–H groups in total. The van der Waals surface area contributed by atoms with Crippen LogP contribution in [0.3, 0.4) is 0 Å². The lowest BCUT2D eigenvalue weighted by Gasteiger charge is -2.44. The lowest BCUT2D eigenvalue weighted by Crippen LogP contribution is -2.57. The maximum atomic E-state index is 13.2. The van der Waals surface area contributed by atoms with Crippen LogP contribution in [0.1, 0.15) is 38.3 Å². The summed E-state index contributed by atoms with van der Waals surface area (Å²) in [4.78, 5) is 29.2. The maximum Gasteiger partial charge on any atom is 0.254 e. The van der Waals surface area contributed by atoms with Crippen molar-refractivity contribution in [3.8, 4) is 6.07 Å². The van der Waals surface area contributed by atoms with Crippen LogP contribution in [0.5, 0.6) is 0 Å². The van der Waals surface area contributed by atoms with E-state index >= 15 is 0 Å². The van der Waals surface area contributed by atoms with E-state index in [2.05, 4.69) is 6.07 Å². The normalized spacial score (nSPS) is 24.6. The Bertz CT molecular complexity index is 690. The Morgan fingerprint density at radius 3 is 2.46 bits per heavy atom. The number of carbonyl (C=O) groups is 2. The van der Waals surface area contributed by atoms with Gasteiger partial charge in [-0.2, -0.15) is 5.26 Å². The van der Waals surface area contributed by atoms with Gasteiger partial charge in [-0.3, -0.25) is 9.59 Å². The van der Waals surface area contributed by atoms with Crippen LogP contribution < -0.4 is 0 Å². The molecule has 2 aliphatic heterocycles. The Morgan fingerprint density at radius 1 is 1.23 bits per heavy atom. The zero-order chi connectivity index (χ0) is 18.7. The summed E-state index contributed by atoms with van der Waals surface area (Å²) < 4.78 is 5.76. The van der Waals surface area contributed by atoms with E-state index in [0.29, 0.717) is 25.9 Å². The smallest absolute Gasteiger partial charge is 0.254 e. The Morgan fingerprint density at radius 2 is 1.88 bits per heavy atom. The highest BCUT2D eigenvalue weighted by Crippen LogP contribution is 2.33. The molecule has 26 heavy (non-hydrogen) atoms. The van der Waals surface area contributed by atoms with Gasteiger partial charge < -0.3 is 14.5 Å². The first-order valence-corrected chi connectivity index (χ1v) is 9.19. The van der Waals surface area contributed by atoms with Gasteiger partial charge in [0.25, 0.3) is 5.91 Å². The Kier molecular flexibility index (Phi) is 5.58. The summed E-state index contributed by atoms with van der Waals surface area (Å²) in [6.07, 6.45) is 0.673. The van der Waals surface area contributed by atoms with Gasteiger partial charge in [-0.15, -0.1) is 0 Å². The van der Waals surface area contributed by atoms with E-state index in [1.807, 2.05) is 44.2 Å². The summed E-state index contributed by atoms with van der Waals surface area (Å²) in [5.41, 5.74) is 0.902. The van der Waals surface area contributed by atoms with Gasteiger partial charge in [0.2, 0.25) is 5.91 Å². The molecular weight excluding hydrogens is 330 g/mol. The van der Waals surface area contributed by atoms with Gasteiger partial charge in [0.1, 0.15) is 6.61 Å². The molecule has 1 aromatic carbocycles. The average Bonchev–Trinajstić information content (AvgIpc) is 2.67. The molecule has 0 aromatic heterocycles. The number of carbonyl (C=O) groups excluding carboxylic acids is 2. The molecular formula is C20H25N3O3. The summed E-state index contributed by atoms with van der Waals surface area (Å²) in [5.74, 6) is -0.167. The Hall–Kier alpha value is -2.39. The molecule has 138 valence electrons. The number of ether oxygens (including phenoxy) is 1. The predicted molar refractivity (Wildman–Crippen MR) is 95.8 cm³/mol. The van der Waals surface area contributed by atoms with Crippen molar-refractivity contribution < 1.29 is 14.3 Å². The quantitative estimate of drug-likeness (QED) is 0.832. The van der Waals surface area contributed by atoms with Gasteiger partial charge in [0.05, 0.1) is 12.1 Å². The average molecular weight is 355 g/mol. The summed E-state index contributed by atoms with van der Waals surface area (Å²) in [6.45, 7) is 4.97. The Labute approximate surface area is 154 Å². The second-order valence-electron chi connectivity index (χ2n) is 7.21. The molecule has 3 rings (SSSR count). The number of morpholine rings is 1. The number of amides is 2. The van der Waals surface area contributed by atoms with E-state index in [1.165, 1.54) is 0 Å². The van der Waals surface area contributed by atoms with Gasteiger partial charge >= 0.3 is 0 Å². The summed E-state index contributed by atoms with van der Waals surface area (Å²) in [7, 11) is 0. The SMILES string of the molecule is CC(C)N1C(=O)CO[C@H](C(=O)N2CCC(C#N)CC2)[C@H]1c1ccccc1. The molecule has 2 amide bonds. The van der Waals surface area contributed by atoms with E-state index in [1.54, 1.807) is 9.80 Å². The van der Waals surface area contributed by atoms with Crippen LogP contribution in [0, 0.1) is 17.2 Å². The fourth-order valence-corrected chi connectivity index (χ4v) is 3.84. The minimum Gasteiger partial charge on any atom is -0.356 e. The van der Waals surface area contributed by atoms with E-state index < -0.39 is 12.1 Å². The summed E-state index contributed by atoms with van der Waals surface area (Å²) >= 11 is 0. The molecule has 0 unspecified atom stereocenters. The Balaban J connectivity index is 1.87. The lowest BCUT2D eigenvalue weighted by molar-refractivity contribution is -0.172. The van der Waals surface area contributed by atoms with Gasteiger partial charge in [-0.1, -0.05) is 30.3 Å². The molecule has 6 heteroatoms. The number of nitrogens with zero attached hydrogens (tertiary/aromatic N) is 3. The molecule has 0 spiro atoms. The topological polar surface area (TPSA) is 73.6 Å². The third-order valence-corrected chi connectivity index (χ3v) is 5.19. The molecule has 0 saturated carbocycles. The summed E-state index contributed by atoms with van der Waals surface area (Å²) in [5, 5.41) is 9.06. The van der Waals surface area contributed by atoms with Gasteiger partial charge in [0.15, 0.2) is 6.10 Å². The number of piperidine rings is 1. The highest BCUT2D eigenvalue weighted by molar-refractivity contribution is 5.86. The molecule has 2 aliphatic rings. The summed E-state index contributed by atoms with van der Waals surface area (Å²) in [6, 6.07) is 11.4. The van der Waals surface area contributed by atoms with Crippen LogP contribution in [-0.2, 0) is 14.3 Å². The largest absolute Gasteiger partial charge is 0.356 e. The van der Waals surface area contributed by atoms with E-state index in [-0.39, 0.29) is 30.4 Å². The van der Waals surface area contributed by atoms with Crippen molar-refractivity contribution in [2.45, 2.75) is 44.9 Å². The zero-order valence-electron chi connectivity index (χ0n) is 15.3. The van der Waals surface area contributed by atoms with Crippen molar-refractivity contribution in [2.24, 2.45) is 5.92 Å². The van der Waals surface area contributed by atoms with Crippen LogP contribution in [-0.4, -0.2) is 53.5 Å². The number of hydrogen-bond donors (Lipinski definition) is 0. The fourth-order valence-electron chi connectivity index (χ4n) is 3.84. The van der Waals surface area contributed by atoms with E-state index in [4.69, 9.17) is 10.00 Å². The van der Waals surface area contributed by atoms with Crippen LogP contribution in [0.25, 0.3) is 0 Å². The zero-order valence-corrected chi connectivity index (χ0v) is 15.3. The number of benzene rings is 1. The van der Waals surface area contributed by atoms with Crippen LogP contribution >= 0.6 is 0 Å². The monoisotopic (exact) mass is 355 g/mol. The second-order valence-corrected chi connectivity index (χ2v) is 7.21. The molecule has 0 aliphatic carbocycles. The fraction of sp³-hybridized carbons (Fsp3) is 0.550. The third kappa shape index (κ3) is 3.58.